The number of hydrogen-bond acceptors (Lipinski definition) is 3. The van der Waals surface area contributed by atoms with Crippen molar-refractivity contribution in [3.8, 4) is 0 Å². The van der Waals surface area contributed by atoms with Crippen molar-refractivity contribution in [3.05, 3.63) is 93.7 Å². The summed E-state index contributed by atoms with van der Waals surface area (Å²) in [7, 11) is 0. The fraction of sp³-hybridized carbons (Fsp3) is 0.333. The van der Waals surface area contributed by atoms with Gasteiger partial charge in [-0.1, -0.05) is 73.5 Å². The molecule has 1 aromatic heterocycles. The number of nitrogens with zero attached hydrogens (tertiary/aromatic N) is 1. The molecule has 1 heterocycles. The number of rotatable bonds is 8. The van der Waals surface area contributed by atoms with Crippen LogP contribution in [-0.4, -0.2) is 22.8 Å². The van der Waals surface area contributed by atoms with Crippen LogP contribution in [0.5, 0.6) is 0 Å². The summed E-state index contributed by atoms with van der Waals surface area (Å²) in [5.74, 6) is -0.118. The summed E-state index contributed by atoms with van der Waals surface area (Å²) in [4.78, 5) is 30.1. The summed E-state index contributed by atoms with van der Waals surface area (Å²) >= 11 is 1.57. The minimum atomic E-state index is -0.663. The molecule has 0 saturated heterocycles. The van der Waals surface area contributed by atoms with Crippen LogP contribution in [0.4, 0.5) is 0 Å². The minimum Gasteiger partial charge on any atom is -0.351 e. The van der Waals surface area contributed by atoms with E-state index < -0.39 is 6.04 Å². The first kappa shape index (κ1) is 22.3. The molecule has 4 nitrogen and oxygen atoms in total. The lowest BCUT2D eigenvalue weighted by Crippen LogP contribution is -2.46. The first-order valence-corrected chi connectivity index (χ1v) is 12.2. The van der Waals surface area contributed by atoms with E-state index in [4.69, 9.17) is 0 Å². The SMILES string of the molecule is Cc1ccccc1[C@H](C(=O)NC1CCCC1)N(Cc1ccccc1)C(=O)Cc1cccs1. The summed E-state index contributed by atoms with van der Waals surface area (Å²) in [6.07, 6.45) is 4.60. The maximum absolute atomic E-state index is 13.7. The molecule has 3 aromatic rings. The van der Waals surface area contributed by atoms with Crippen LogP contribution in [0.3, 0.4) is 0 Å². The average molecular weight is 447 g/mol. The van der Waals surface area contributed by atoms with E-state index in [2.05, 4.69) is 5.32 Å². The van der Waals surface area contributed by atoms with E-state index >= 15 is 0 Å². The molecular formula is C27H30N2O2S. The molecule has 0 radical (unpaired) electrons. The molecule has 0 aliphatic heterocycles. The lowest BCUT2D eigenvalue weighted by Gasteiger charge is -2.33. The van der Waals surface area contributed by atoms with Crippen LogP contribution >= 0.6 is 11.3 Å². The topological polar surface area (TPSA) is 49.4 Å². The number of nitrogens with one attached hydrogen (secondary N) is 1. The molecule has 1 N–H and O–H groups in total. The van der Waals surface area contributed by atoms with Crippen molar-refractivity contribution in [2.75, 3.05) is 0 Å². The number of thiophene rings is 1. The second-order valence-corrected chi connectivity index (χ2v) is 9.54. The van der Waals surface area contributed by atoms with Gasteiger partial charge in [0.1, 0.15) is 6.04 Å². The maximum Gasteiger partial charge on any atom is 0.247 e. The summed E-state index contributed by atoms with van der Waals surface area (Å²) < 4.78 is 0. The lowest BCUT2D eigenvalue weighted by molar-refractivity contribution is -0.141. The van der Waals surface area contributed by atoms with Crippen molar-refractivity contribution in [2.45, 2.75) is 57.7 Å². The molecule has 0 bridgehead atoms. The number of carbonyl (C=O) groups is 2. The van der Waals surface area contributed by atoms with E-state index in [1.54, 1.807) is 16.2 Å². The van der Waals surface area contributed by atoms with Crippen LogP contribution in [0.15, 0.2) is 72.1 Å². The van der Waals surface area contributed by atoms with E-state index in [-0.39, 0.29) is 17.9 Å². The molecule has 1 fully saturated rings. The maximum atomic E-state index is 13.7. The quantitative estimate of drug-likeness (QED) is 0.502. The Hall–Kier alpha value is -2.92. The normalized spacial score (nSPS) is 14.8. The molecule has 2 aromatic carbocycles. The van der Waals surface area contributed by atoms with Gasteiger partial charge in [0.15, 0.2) is 0 Å². The third-order valence-electron chi connectivity index (χ3n) is 6.17. The van der Waals surface area contributed by atoms with Gasteiger partial charge in [0, 0.05) is 17.5 Å². The largest absolute Gasteiger partial charge is 0.351 e. The molecule has 2 amide bonds. The van der Waals surface area contributed by atoms with Gasteiger partial charge < -0.3 is 10.2 Å². The van der Waals surface area contributed by atoms with Crippen molar-refractivity contribution in [1.82, 2.24) is 10.2 Å². The standard InChI is InChI=1S/C27H30N2O2S/c1-20-10-5-8-16-24(20)26(27(31)28-22-13-6-7-14-22)29(19-21-11-3-2-4-12-21)25(30)18-23-15-9-17-32-23/h2-5,8-12,15-17,22,26H,6-7,13-14,18-19H2,1H3,(H,28,31)/t26-/m1/s1. The number of benzene rings is 2. The van der Waals surface area contributed by atoms with Gasteiger partial charge in [-0.3, -0.25) is 9.59 Å². The average Bonchev–Trinajstić information content (AvgIpc) is 3.50. The zero-order valence-corrected chi connectivity index (χ0v) is 19.3. The van der Waals surface area contributed by atoms with E-state index in [1.165, 1.54) is 0 Å². The Morgan fingerprint density at radius 1 is 1.00 bits per heavy atom. The summed E-state index contributed by atoms with van der Waals surface area (Å²) in [5, 5.41) is 5.24. The molecule has 166 valence electrons. The second-order valence-electron chi connectivity index (χ2n) is 8.51. The first-order chi connectivity index (χ1) is 15.6. The van der Waals surface area contributed by atoms with Crippen LogP contribution in [-0.2, 0) is 22.6 Å². The number of amides is 2. The Morgan fingerprint density at radius 3 is 2.41 bits per heavy atom. The molecule has 0 unspecified atom stereocenters. The van der Waals surface area contributed by atoms with Crippen molar-refractivity contribution < 1.29 is 9.59 Å². The molecule has 1 aliphatic carbocycles. The van der Waals surface area contributed by atoms with E-state index in [9.17, 15) is 9.59 Å². The van der Waals surface area contributed by atoms with Gasteiger partial charge in [0.2, 0.25) is 11.8 Å². The van der Waals surface area contributed by atoms with Crippen LogP contribution in [0.1, 0.15) is 53.3 Å². The van der Waals surface area contributed by atoms with Gasteiger partial charge >= 0.3 is 0 Å². The lowest BCUT2D eigenvalue weighted by atomic mass is 9.97. The number of hydrogen-bond donors (Lipinski definition) is 1. The molecular weight excluding hydrogens is 416 g/mol. The van der Waals surface area contributed by atoms with Gasteiger partial charge in [0.25, 0.3) is 0 Å². The van der Waals surface area contributed by atoms with E-state index in [0.29, 0.717) is 13.0 Å². The van der Waals surface area contributed by atoms with Crippen LogP contribution in [0.2, 0.25) is 0 Å². The molecule has 5 heteroatoms. The highest BCUT2D eigenvalue weighted by Crippen LogP contribution is 2.29. The highest BCUT2D eigenvalue weighted by molar-refractivity contribution is 7.10. The molecule has 32 heavy (non-hydrogen) atoms. The molecule has 0 spiro atoms. The summed E-state index contributed by atoms with van der Waals surface area (Å²) in [5.41, 5.74) is 2.92. The number of aryl methyl sites for hydroxylation is 1. The molecule has 1 saturated carbocycles. The monoisotopic (exact) mass is 446 g/mol. The van der Waals surface area contributed by atoms with Gasteiger partial charge in [-0.15, -0.1) is 11.3 Å². The molecule has 4 rings (SSSR count). The highest BCUT2D eigenvalue weighted by atomic mass is 32.1. The van der Waals surface area contributed by atoms with Gasteiger partial charge in [0.05, 0.1) is 6.42 Å². The van der Waals surface area contributed by atoms with Crippen molar-refractivity contribution in [1.29, 1.82) is 0 Å². The van der Waals surface area contributed by atoms with Gasteiger partial charge in [-0.25, -0.2) is 0 Å². The highest BCUT2D eigenvalue weighted by Gasteiger charge is 2.34. The number of carbonyl (C=O) groups excluding carboxylic acids is 2. The Labute approximate surface area is 194 Å². The Kier molecular flexibility index (Phi) is 7.38. The molecule has 1 aliphatic rings. The van der Waals surface area contributed by atoms with Gasteiger partial charge in [-0.05, 0) is 47.9 Å². The summed E-state index contributed by atoms with van der Waals surface area (Å²) in [6, 6.07) is 21.3. The fourth-order valence-electron chi connectivity index (χ4n) is 4.46. The van der Waals surface area contributed by atoms with Gasteiger partial charge in [-0.2, -0.15) is 0 Å². The van der Waals surface area contributed by atoms with Crippen molar-refractivity contribution in [3.63, 3.8) is 0 Å². The van der Waals surface area contributed by atoms with Crippen LogP contribution in [0.25, 0.3) is 0 Å². The predicted molar refractivity (Wildman–Crippen MR) is 129 cm³/mol. The zero-order valence-electron chi connectivity index (χ0n) is 18.5. The third kappa shape index (κ3) is 5.46. The summed E-state index contributed by atoms with van der Waals surface area (Å²) in [6.45, 7) is 2.40. The smallest absolute Gasteiger partial charge is 0.247 e. The first-order valence-electron chi connectivity index (χ1n) is 11.3. The minimum absolute atomic E-state index is 0.0360. The van der Waals surface area contributed by atoms with Crippen molar-refractivity contribution in [2.24, 2.45) is 0 Å². The second kappa shape index (κ2) is 10.6. The Balaban J connectivity index is 1.70. The third-order valence-corrected chi connectivity index (χ3v) is 7.04. The molecule has 1 atom stereocenters. The van der Waals surface area contributed by atoms with Crippen LogP contribution in [0, 0.1) is 6.92 Å². The van der Waals surface area contributed by atoms with E-state index in [0.717, 1.165) is 47.3 Å². The Bertz CT molecular complexity index is 1030. The van der Waals surface area contributed by atoms with Crippen LogP contribution < -0.4 is 5.32 Å². The van der Waals surface area contributed by atoms with E-state index in [1.807, 2.05) is 79.0 Å². The zero-order chi connectivity index (χ0) is 22.3. The van der Waals surface area contributed by atoms with Crippen molar-refractivity contribution >= 4 is 23.2 Å². The fourth-order valence-corrected chi connectivity index (χ4v) is 5.16. The predicted octanol–water partition coefficient (Wildman–Crippen LogP) is 5.43. The Morgan fingerprint density at radius 2 is 1.72 bits per heavy atom.